The lowest BCUT2D eigenvalue weighted by molar-refractivity contribution is -0.140. The van der Waals surface area contributed by atoms with Gasteiger partial charge in [-0.25, -0.2) is 0 Å². The Bertz CT molecular complexity index is 511. The predicted molar refractivity (Wildman–Crippen MR) is 71.5 cm³/mol. The van der Waals surface area contributed by atoms with Crippen molar-refractivity contribution >= 4 is 22.6 Å². The summed E-state index contributed by atoms with van der Waals surface area (Å²) >= 11 is 1.54. The number of esters is 1. The number of nitrogens with zero attached hydrogens (tertiary/aromatic N) is 1. The Kier molecular flexibility index (Phi) is 3.94. The Labute approximate surface area is 110 Å². The van der Waals surface area contributed by atoms with E-state index in [1.54, 1.807) is 23.1 Å². The molecule has 4 nitrogen and oxygen atoms in total. The molecule has 1 N–H and O–H groups in total. The Morgan fingerprint density at radius 2 is 2.33 bits per heavy atom. The van der Waals surface area contributed by atoms with E-state index >= 15 is 0 Å². The van der Waals surface area contributed by atoms with E-state index in [4.69, 9.17) is 0 Å². The van der Waals surface area contributed by atoms with Gasteiger partial charge < -0.3 is 14.7 Å². The predicted octanol–water partition coefficient (Wildman–Crippen LogP) is 2.38. The summed E-state index contributed by atoms with van der Waals surface area (Å²) < 4.78 is 4.62. The van der Waals surface area contributed by atoms with Gasteiger partial charge in [-0.05, 0) is 23.1 Å². The Morgan fingerprint density at radius 3 is 3.06 bits per heavy atom. The minimum absolute atomic E-state index is 0.176. The van der Waals surface area contributed by atoms with Crippen LogP contribution < -0.4 is 0 Å². The standard InChI is InChI=1S/C13H13NO3S/c1-17-13(16)9-14-5-6-18-12(8-14)10-3-2-4-11(15)7-10/h2-8,15H,9H2,1H3. The number of phenolic OH excluding ortho intramolecular Hbond substituents is 1. The summed E-state index contributed by atoms with van der Waals surface area (Å²) in [4.78, 5) is 13.9. The molecule has 18 heavy (non-hydrogen) atoms. The van der Waals surface area contributed by atoms with Crippen LogP contribution in [0.5, 0.6) is 5.75 Å². The molecule has 0 amide bonds. The van der Waals surface area contributed by atoms with Crippen LogP contribution in [0.3, 0.4) is 0 Å². The third-order valence-corrected chi connectivity index (χ3v) is 3.25. The van der Waals surface area contributed by atoms with E-state index in [0.717, 1.165) is 10.5 Å². The van der Waals surface area contributed by atoms with Gasteiger partial charge in [0, 0.05) is 17.3 Å². The van der Waals surface area contributed by atoms with Gasteiger partial charge in [0.15, 0.2) is 0 Å². The molecule has 0 aliphatic carbocycles. The third-order valence-electron chi connectivity index (χ3n) is 2.40. The Balaban J connectivity index is 2.16. The lowest BCUT2D eigenvalue weighted by atomic mass is 10.2. The summed E-state index contributed by atoms with van der Waals surface area (Å²) in [7, 11) is 1.37. The van der Waals surface area contributed by atoms with Gasteiger partial charge in [-0.2, -0.15) is 0 Å². The highest BCUT2D eigenvalue weighted by molar-refractivity contribution is 8.10. The van der Waals surface area contributed by atoms with Crippen LogP contribution in [0.1, 0.15) is 5.56 Å². The van der Waals surface area contributed by atoms with Crippen LogP contribution in [0, 0.1) is 0 Å². The van der Waals surface area contributed by atoms with Crippen LogP contribution in [0.4, 0.5) is 0 Å². The Morgan fingerprint density at radius 1 is 1.50 bits per heavy atom. The minimum Gasteiger partial charge on any atom is -0.508 e. The first kappa shape index (κ1) is 12.6. The summed E-state index contributed by atoms with van der Waals surface area (Å²) in [5, 5.41) is 11.3. The molecular formula is C13H13NO3S. The maximum atomic E-state index is 11.2. The molecule has 1 heterocycles. The molecular weight excluding hydrogens is 250 g/mol. The van der Waals surface area contributed by atoms with Gasteiger partial charge in [0.1, 0.15) is 12.3 Å². The highest BCUT2D eigenvalue weighted by Crippen LogP contribution is 2.33. The van der Waals surface area contributed by atoms with E-state index in [9.17, 15) is 9.90 Å². The molecule has 5 heteroatoms. The number of carbonyl (C=O) groups is 1. The van der Waals surface area contributed by atoms with Gasteiger partial charge in [-0.3, -0.25) is 4.79 Å². The zero-order valence-corrected chi connectivity index (χ0v) is 10.7. The molecule has 0 bridgehead atoms. The van der Waals surface area contributed by atoms with Gasteiger partial charge in [0.25, 0.3) is 0 Å². The molecule has 1 aromatic carbocycles. The van der Waals surface area contributed by atoms with Crippen LogP contribution in [0.25, 0.3) is 4.91 Å². The lowest BCUT2D eigenvalue weighted by Gasteiger charge is -2.19. The molecule has 1 aliphatic heterocycles. The van der Waals surface area contributed by atoms with Crippen molar-refractivity contribution in [2.24, 2.45) is 0 Å². The zero-order chi connectivity index (χ0) is 13.0. The number of thioether (sulfide) groups is 1. The fraction of sp³-hybridized carbons (Fsp3) is 0.154. The summed E-state index contributed by atoms with van der Waals surface area (Å²) in [6, 6.07) is 7.01. The van der Waals surface area contributed by atoms with Crippen molar-refractivity contribution in [2.45, 2.75) is 0 Å². The van der Waals surface area contributed by atoms with Crippen LogP contribution in [0.15, 0.2) is 42.1 Å². The van der Waals surface area contributed by atoms with Gasteiger partial charge >= 0.3 is 5.97 Å². The second kappa shape index (κ2) is 5.64. The molecule has 0 fully saturated rings. The monoisotopic (exact) mass is 263 g/mol. The molecule has 0 atom stereocenters. The molecule has 0 saturated carbocycles. The second-order valence-corrected chi connectivity index (χ2v) is 4.64. The van der Waals surface area contributed by atoms with E-state index in [2.05, 4.69) is 4.74 Å². The van der Waals surface area contributed by atoms with Gasteiger partial charge in [-0.1, -0.05) is 23.9 Å². The van der Waals surface area contributed by atoms with Crippen LogP contribution in [-0.2, 0) is 9.53 Å². The van der Waals surface area contributed by atoms with Crippen LogP contribution >= 0.6 is 11.8 Å². The number of carbonyl (C=O) groups excluding carboxylic acids is 1. The van der Waals surface area contributed by atoms with E-state index in [-0.39, 0.29) is 18.3 Å². The van der Waals surface area contributed by atoms with E-state index in [0.29, 0.717) is 0 Å². The number of ether oxygens (including phenoxy) is 1. The van der Waals surface area contributed by atoms with Gasteiger partial charge in [-0.15, -0.1) is 0 Å². The SMILES string of the molecule is COC(=O)CN1C=CSC(c2cccc(O)c2)=C1. The van der Waals surface area contributed by atoms with Crippen LogP contribution in [0.2, 0.25) is 0 Å². The van der Waals surface area contributed by atoms with Crippen molar-refractivity contribution in [2.75, 3.05) is 13.7 Å². The second-order valence-electron chi connectivity index (χ2n) is 3.70. The van der Waals surface area contributed by atoms with E-state index in [1.165, 1.54) is 18.9 Å². The van der Waals surface area contributed by atoms with Gasteiger partial charge in [0.05, 0.1) is 7.11 Å². The molecule has 1 aliphatic rings. The first-order valence-electron chi connectivity index (χ1n) is 5.36. The van der Waals surface area contributed by atoms with Crippen molar-refractivity contribution in [1.29, 1.82) is 0 Å². The molecule has 0 saturated heterocycles. The molecule has 2 rings (SSSR count). The summed E-state index contributed by atoms with van der Waals surface area (Å²) in [6.07, 6.45) is 3.67. The largest absolute Gasteiger partial charge is 0.508 e. The smallest absolute Gasteiger partial charge is 0.325 e. The molecule has 0 unspecified atom stereocenters. The van der Waals surface area contributed by atoms with Crippen molar-refractivity contribution in [1.82, 2.24) is 4.90 Å². The number of hydrogen-bond acceptors (Lipinski definition) is 5. The number of rotatable bonds is 3. The highest BCUT2D eigenvalue weighted by atomic mass is 32.2. The molecule has 0 radical (unpaired) electrons. The van der Waals surface area contributed by atoms with Crippen molar-refractivity contribution < 1.29 is 14.6 Å². The topological polar surface area (TPSA) is 49.8 Å². The molecule has 0 aromatic heterocycles. The number of methoxy groups -OCH3 is 1. The Hall–Kier alpha value is -1.88. The normalized spacial score (nSPS) is 14.3. The van der Waals surface area contributed by atoms with Crippen molar-refractivity contribution in [3.8, 4) is 5.75 Å². The summed E-state index contributed by atoms with van der Waals surface area (Å²) in [5.41, 5.74) is 0.916. The number of benzene rings is 1. The van der Waals surface area contributed by atoms with Gasteiger partial charge in [0.2, 0.25) is 0 Å². The molecule has 0 spiro atoms. The van der Waals surface area contributed by atoms with E-state index in [1.807, 2.05) is 23.9 Å². The average Bonchev–Trinajstić information content (AvgIpc) is 2.39. The lowest BCUT2D eigenvalue weighted by Crippen LogP contribution is -2.22. The highest BCUT2D eigenvalue weighted by Gasteiger charge is 2.11. The average molecular weight is 263 g/mol. The molecule has 1 aromatic rings. The number of phenols is 1. The maximum absolute atomic E-state index is 11.2. The van der Waals surface area contributed by atoms with Crippen molar-refractivity contribution in [3.05, 3.63) is 47.6 Å². The minimum atomic E-state index is -0.293. The fourth-order valence-corrected chi connectivity index (χ4v) is 2.34. The third kappa shape index (κ3) is 3.07. The van der Waals surface area contributed by atoms with Crippen LogP contribution in [-0.4, -0.2) is 29.6 Å². The summed E-state index contributed by atoms with van der Waals surface area (Å²) in [6.45, 7) is 0.176. The first-order chi connectivity index (χ1) is 8.69. The zero-order valence-electron chi connectivity index (χ0n) is 9.87. The van der Waals surface area contributed by atoms with E-state index < -0.39 is 0 Å². The maximum Gasteiger partial charge on any atom is 0.325 e. The summed E-state index contributed by atoms with van der Waals surface area (Å²) in [5.74, 6) is -0.0684. The van der Waals surface area contributed by atoms with Crippen molar-refractivity contribution in [3.63, 3.8) is 0 Å². The number of aromatic hydroxyl groups is 1. The molecule has 94 valence electrons. The fourth-order valence-electron chi connectivity index (χ4n) is 1.52. The number of hydrogen-bond donors (Lipinski definition) is 1. The quantitative estimate of drug-likeness (QED) is 0.848. The first-order valence-corrected chi connectivity index (χ1v) is 6.24.